The lowest BCUT2D eigenvalue weighted by Crippen LogP contribution is -2.52. The molecule has 194 valence electrons. The number of hydroxylamine groups is 1. The SMILES string of the molecule is CCC[C@](C(=O)NN)(c1ccc(C)cc1[C@H](C/C=C/c1ccc([N+](=O)[O-])cc1)C(=O)NO)S(C)(=O)=O. The minimum absolute atomic E-state index is 0.0239. The third-order valence-electron chi connectivity index (χ3n) is 5.96. The molecule has 0 spiro atoms. The van der Waals surface area contributed by atoms with E-state index in [1.807, 2.05) is 5.43 Å². The van der Waals surface area contributed by atoms with Crippen LogP contribution >= 0.6 is 0 Å². The highest BCUT2D eigenvalue weighted by atomic mass is 32.2. The van der Waals surface area contributed by atoms with E-state index in [-0.39, 0.29) is 29.7 Å². The van der Waals surface area contributed by atoms with E-state index >= 15 is 0 Å². The standard InChI is InChI=1S/C24H30N4O7S/c1-4-14-24(23(30)26-25,36(3,34)35)21-13-8-16(2)15-20(21)19(22(29)27-31)7-5-6-17-9-11-18(12-10-17)28(32)33/h5-6,8-13,15,19,31H,4,7,14,25H2,1-3H3,(H,26,30)(H,27,29)/b6-5+/t19-,24+/m0/s1. The van der Waals surface area contributed by atoms with E-state index in [0.29, 0.717) is 17.5 Å². The highest BCUT2D eigenvalue weighted by Crippen LogP contribution is 2.41. The fourth-order valence-electron chi connectivity index (χ4n) is 4.23. The van der Waals surface area contributed by atoms with Gasteiger partial charge in [-0.2, -0.15) is 0 Å². The average Bonchev–Trinajstić information content (AvgIpc) is 2.84. The molecular formula is C24H30N4O7S. The van der Waals surface area contributed by atoms with Gasteiger partial charge in [0.2, 0.25) is 0 Å². The van der Waals surface area contributed by atoms with Crippen LogP contribution in [0.4, 0.5) is 5.69 Å². The van der Waals surface area contributed by atoms with Crippen LogP contribution in [-0.4, -0.2) is 36.6 Å². The Morgan fingerprint density at radius 2 is 1.86 bits per heavy atom. The number of sulfone groups is 1. The maximum atomic E-state index is 13.1. The van der Waals surface area contributed by atoms with Crippen LogP contribution in [-0.2, 0) is 24.2 Å². The first-order valence-electron chi connectivity index (χ1n) is 11.1. The van der Waals surface area contributed by atoms with E-state index in [2.05, 4.69) is 0 Å². The minimum Gasteiger partial charge on any atom is -0.293 e. The van der Waals surface area contributed by atoms with Crippen molar-refractivity contribution in [2.75, 3.05) is 6.26 Å². The molecular weight excluding hydrogens is 488 g/mol. The number of hydrogen-bond donors (Lipinski definition) is 4. The van der Waals surface area contributed by atoms with Gasteiger partial charge in [-0.1, -0.05) is 49.3 Å². The van der Waals surface area contributed by atoms with Crippen LogP contribution in [0.25, 0.3) is 6.08 Å². The lowest BCUT2D eigenvalue weighted by atomic mass is 9.81. The summed E-state index contributed by atoms with van der Waals surface area (Å²) in [6.45, 7) is 3.47. The smallest absolute Gasteiger partial charge is 0.269 e. The average molecular weight is 519 g/mol. The number of hydrogen-bond acceptors (Lipinski definition) is 8. The second-order valence-corrected chi connectivity index (χ2v) is 10.7. The molecule has 0 aliphatic carbocycles. The van der Waals surface area contributed by atoms with E-state index in [9.17, 15) is 33.3 Å². The second-order valence-electron chi connectivity index (χ2n) is 8.43. The number of non-ortho nitro benzene ring substituents is 1. The van der Waals surface area contributed by atoms with Gasteiger partial charge in [0.25, 0.3) is 17.5 Å². The van der Waals surface area contributed by atoms with E-state index in [1.54, 1.807) is 43.6 Å². The number of aryl methyl sites for hydroxylation is 1. The first-order chi connectivity index (χ1) is 16.9. The Morgan fingerprint density at radius 1 is 1.22 bits per heavy atom. The van der Waals surface area contributed by atoms with Gasteiger partial charge in [0.15, 0.2) is 14.6 Å². The number of hydrazine groups is 1. The number of nitro benzene ring substituents is 1. The van der Waals surface area contributed by atoms with Crippen molar-refractivity contribution >= 4 is 33.4 Å². The summed E-state index contributed by atoms with van der Waals surface area (Å²) in [5, 5.41) is 20.3. The highest BCUT2D eigenvalue weighted by molar-refractivity contribution is 7.92. The van der Waals surface area contributed by atoms with Crippen molar-refractivity contribution in [1.29, 1.82) is 0 Å². The number of nitro groups is 1. The molecule has 0 saturated carbocycles. The van der Waals surface area contributed by atoms with Crippen LogP contribution in [0, 0.1) is 17.0 Å². The monoisotopic (exact) mass is 518 g/mol. The van der Waals surface area contributed by atoms with Gasteiger partial charge in [0.1, 0.15) is 0 Å². The summed E-state index contributed by atoms with van der Waals surface area (Å²) in [7, 11) is -4.09. The predicted octanol–water partition coefficient (Wildman–Crippen LogP) is 2.63. The van der Waals surface area contributed by atoms with E-state index in [0.717, 1.165) is 6.26 Å². The Bertz CT molecular complexity index is 1260. The van der Waals surface area contributed by atoms with E-state index in [1.165, 1.54) is 30.3 Å². The molecule has 0 unspecified atom stereocenters. The van der Waals surface area contributed by atoms with Crippen molar-refractivity contribution in [1.82, 2.24) is 10.9 Å². The number of nitrogens with two attached hydrogens (primary N) is 1. The van der Waals surface area contributed by atoms with Gasteiger partial charge in [-0.15, -0.1) is 0 Å². The molecule has 2 rings (SSSR count). The van der Waals surface area contributed by atoms with E-state index < -0.39 is 37.2 Å². The van der Waals surface area contributed by atoms with Crippen molar-refractivity contribution in [3.63, 3.8) is 0 Å². The number of benzene rings is 2. The Labute approximate surface area is 209 Å². The number of amides is 2. The Kier molecular flexibility index (Phi) is 9.45. The normalized spacial score (nSPS) is 14.1. The van der Waals surface area contributed by atoms with E-state index in [4.69, 9.17) is 5.84 Å². The number of carbonyl (C=O) groups is 2. The molecule has 5 N–H and O–H groups in total. The maximum Gasteiger partial charge on any atom is 0.269 e. The van der Waals surface area contributed by atoms with Crippen molar-refractivity contribution in [3.05, 3.63) is 80.9 Å². The molecule has 0 fully saturated rings. The minimum atomic E-state index is -4.09. The molecule has 12 heteroatoms. The lowest BCUT2D eigenvalue weighted by molar-refractivity contribution is -0.384. The van der Waals surface area contributed by atoms with Crippen molar-refractivity contribution in [3.8, 4) is 0 Å². The van der Waals surface area contributed by atoms with Crippen LogP contribution in [0.15, 0.2) is 48.5 Å². The maximum absolute atomic E-state index is 13.1. The number of nitrogens with zero attached hydrogens (tertiary/aromatic N) is 1. The molecule has 0 aliphatic rings. The Balaban J connectivity index is 2.65. The van der Waals surface area contributed by atoms with Gasteiger partial charge in [-0.25, -0.2) is 19.7 Å². The van der Waals surface area contributed by atoms with Gasteiger partial charge in [-0.3, -0.25) is 30.3 Å². The second kappa shape index (κ2) is 11.9. The summed E-state index contributed by atoms with van der Waals surface area (Å²) in [5.74, 6) is 2.60. The Hall–Kier alpha value is -3.61. The topological polar surface area (TPSA) is 182 Å². The molecule has 2 aromatic carbocycles. The zero-order valence-corrected chi connectivity index (χ0v) is 21.0. The number of rotatable bonds is 11. The van der Waals surface area contributed by atoms with Gasteiger partial charge in [-0.05, 0) is 48.6 Å². The summed E-state index contributed by atoms with van der Waals surface area (Å²) in [4.78, 5) is 36.1. The number of nitrogens with one attached hydrogen (secondary N) is 2. The fourth-order valence-corrected chi connectivity index (χ4v) is 5.79. The molecule has 0 saturated heterocycles. The summed E-state index contributed by atoms with van der Waals surface area (Å²) in [5.41, 5.74) is 5.20. The first-order valence-corrected chi connectivity index (χ1v) is 13.0. The molecule has 2 aromatic rings. The quantitative estimate of drug-likeness (QED) is 0.115. The molecule has 0 aliphatic heterocycles. The van der Waals surface area contributed by atoms with Gasteiger partial charge in [0.05, 0.1) is 10.8 Å². The largest absolute Gasteiger partial charge is 0.293 e. The summed E-state index contributed by atoms with van der Waals surface area (Å²) in [6.07, 6.45) is 4.46. The lowest BCUT2D eigenvalue weighted by Gasteiger charge is -2.33. The number of carbonyl (C=O) groups excluding carboxylic acids is 2. The predicted molar refractivity (Wildman–Crippen MR) is 134 cm³/mol. The zero-order valence-electron chi connectivity index (χ0n) is 20.2. The summed E-state index contributed by atoms with van der Waals surface area (Å²) in [6, 6.07) is 10.5. The molecule has 36 heavy (non-hydrogen) atoms. The van der Waals surface area contributed by atoms with Crippen molar-refractivity contribution in [2.45, 2.75) is 43.8 Å². The van der Waals surface area contributed by atoms with Crippen LogP contribution in [0.1, 0.15) is 54.4 Å². The van der Waals surface area contributed by atoms with Crippen molar-refractivity contribution < 1.29 is 28.1 Å². The molecule has 0 bridgehead atoms. The van der Waals surface area contributed by atoms with Gasteiger partial charge < -0.3 is 0 Å². The fraction of sp³-hybridized carbons (Fsp3) is 0.333. The summed E-state index contributed by atoms with van der Waals surface area (Å²) < 4.78 is 24.1. The molecule has 0 heterocycles. The molecule has 11 nitrogen and oxygen atoms in total. The Morgan fingerprint density at radius 3 is 2.36 bits per heavy atom. The molecule has 2 atom stereocenters. The number of allylic oxidation sites excluding steroid dienone is 1. The van der Waals surface area contributed by atoms with Gasteiger partial charge in [0, 0.05) is 18.4 Å². The molecule has 2 amide bonds. The molecule has 0 radical (unpaired) electrons. The van der Waals surface area contributed by atoms with Crippen molar-refractivity contribution in [2.24, 2.45) is 5.84 Å². The van der Waals surface area contributed by atoms with Crippen LogP contribution < -0.4 is 16.7 Å². The van der Waals surface area contributed by atoms with Gasteiger partial charge >= 0.3 is 0 Å². The molecule has 0 aromatic heterocycles. The van der Waals surface area contributed by atoms with Crippen LogP contribution in [0.3, 0.4) is 0 Å². The third kappa shape index (κ3) is 5.96. The third-order valence-corrected chi connectivity index (χ3v) is 7.84. The summed E-state index contributed by atoms with van der Waals surface area (Å²) >= 11 is 0. The highest BCUT2D eigenvalue weighted by Gasteiger charge is 2.50. The van der Waals surface area contributed by atoms with Crippen LogP contribution in [0.5, 0.6) is 0 Å². The first kappa shape index (κ1) is 28.6. The van der Waals surface area contributed by atoms with Crippen LogP contribution in [0.2, 0.25) is 0 Å². The zero-order chi connectivity index (χ0) is 27.1.